The molecule has 2 heterocycles. The van der Waals surface area contributed by atoms with Crippen LogP contribution in [0.5, 0.6) is 0 Å². The van der Waals surface area contributed by atoms with E-state index in [4.69, 9.17) is 15.1 Å². The Morgan fingerprint density at radius 3 is 2.35 bits per heavy atom. The topological polar surface area (TPSA) is 102 Å². The van der Waals surface area contributed by atoms with Crippen molar-refractivity contribution in [3.63, 3.8) is 0 Å². The SMILES string of the molecule is Cc1nc(C)c(C(=O)Nc2nc(C)c(S(=O)(=O)Cl)s2)o1. The number of hydrogen-bond acceptors (Lipinski definition) is 7. The second kappa shape index (κ2) is 5.15. The maximum Gasteiger partial charge on any atom is 0.295 e. The monoisotopic (exact) mass is 335 g/mol. The zero-order valence-electron chi connectivity index (χ0n) is 10.7. The molecule has 1 amide bonds. The van der Waals surface area contributed by atoms with Gasteiger partial charge in [-0.1, -0.05) is 11.3 Å². The van der Waals surface area contributed by atoms with Crippen molar-refractivity contribution in [3.8, 4) is 0 Å². The number of carbonyl (C=O) groups is 1. The third-order valence-corrected chi connectivity index (χ3v) is 5.56. The van der Waals surface area contributed by atoms with E-state index >= 15 is 0 Å². The molecule has 2 rings (SSSR count). The third-order valence-electron chi connectivity index (χ3n) is 2.31. The van der Waals surface area contributed by atoms with Crippen LogP contribution >= 0.6 is 22.0 Å². The summed E-state index contributed by atoms with van der Waals surface area (Å²) in [4.78, 5) is 19.9. The Morgan fingerprint density at radius 2 is 1.90 bits per heavy atom. The van der Waals surface area contributed by atoms with Gasteiger partial charge in [-0.15, -0.1) is 0 Å². The van der Waals surface area contributed by atoms with E-state index in [-0.39, 0.29) is 20.8 Å². The van der Waals surface area contributed by atoms with Crippen LogP contribution in [0, 0.1) is 20.8 Å². The number of amides is 1. The number of oxazole rings is 1. The van der Waals surface area contributed by atoms with Crippen LogP contribution in [0.25, 0.3) is 0 Å². The van der Waals surface area contributed by atoms with E-state index in [1.165, 1.54) is 6.92 Å². The van der Waals surface area contributed by atoms with Crippen LogP contribution in [0.15, 0.2) is 8.63 Å². The fourth-order valence-corrected chi connectivity index (χ4v) is 3.91. The summed E-state index contributed by atoms with van der Waals surface area (Å²) >= 11 is 0.777. The first kappa shape index (κ1) is 14.9. The molecule has 0 fully saturated rings. The van der Waals surface area contributed by atoms with Crippen molar-refractivity contribution >= 4 is 42.1 Å². The van der Waals surface area contributed by atoms with Gasteiger partial charge in [0.05, 0.1) is 11.4 Å². The lowest BCUT2D eigenvalue weighted by Crippen LogP contribution is -2.12. The average molecular weight is 336 g/mol. The maximum absolute atomic E-state index is 12.0. The molecule has 2 aromatic rings. The Labute approximate surface area is 123 Å². The molecule has 108 valence electrons. The van der Waals surface area contributed by atoms with E-state index in [0.29, 0.717) is 11.6 Å². The molecule has 7 nitrogen and oxygen atoms in total. The fraction of sp³-hybridized carbons (Fsp3) is 0.300. The number of aromatic nitrogens is 2. The minimum absolute atomic E-state index is 0.0608. The summed E-state index contributed by atoms with van der Waals surface area (Å²) in [5.74, 6) is -0.118. The standard InChI is InChI=1S/C10H10ClN3O4S2/c1-4-7(18-6(3)12-4)8(15)14-10-13-5(2)9(19-10)20(11,16)17/h1-3H3,(H,13,14,15). The highest BCUT2D eigenvalue weighted by atomic mass is 35.7. The van der Waals surface area contributed by atoms with Crippen LogP contribution < -0.4 is 5.32 Å². The molecule has 1 N–H and O–H groups in total. The first-order valence-electron chi connectivity index (χ1n) is 5.36. The molecule has 0 saturated heterocycles. The molecule has 0 radical (unpaired) electrons. The largest absolute Gasteiger partial charge is 0.436 e. The molecule has 10 heteroatoms. The number of rotatable bonds is 3. The van der Waals surface area contributed by atoms with Crippen molar-refractivity contribution in [2.24, 2.45) is 0 Å². The van der Waals surface area contributed by atoms with Crippen LogP contribution in [-0.4, -0.2) is 24.3 Å². The minimum Gasteiger partial charge on any atom is -0.436 e. The second-order valence-electron chi connectivity index (χ2n) is 3.93. The highest BCUT2D eigenvalue weighted by molar-refractivity contribution is 8.15. The highest BCUT2D eigenvalue weighted by Gasteiger charge is 2.22. The van der Waals surface area contributed by atoms with Crippen LogP contribution in [0.1, 0.15) is 27.8 Å². The van der Waals surface area contributed by atoms with Crippen molar-refractivity contribution in [3.05, 3.63) is 23.0 Å². The normalized spacial score (nSPS) is 11.6. The van der Waals surface area contributed by atoms with E-state index in [2.05, 4.69) is 15.3 Å². The van der Waals surface area contributed by atoms with Crippen molar-refractivity contribution in [2.45, 2.75) is 25.0 Å². The van der Waals surface area contributed by atoms with Gasteiger partial charge in [0, 0.05) is 17.6 Å². The van der Waals surface area contributed by atoms with Crippen LogP contribution in [0.2, 0.25) is 0 Å². The zero-order chi connectivity index (χ0) is 15.1. The lowest BCUT2D eigenvalue weighted by atomic mass is 10.3. The zero-order valence-corrected chi connectivity index (χ0v) is 13.1. The molecule has 2 aromatic heterocycles. The maximum atomic E-state index is 12.0. The fourth-order valence-electron chi connectivity index (χ4n) is 1.56. The molecule has 0 spiro atoms. The first-order valence-corrected chi connectivity index (χ1v) is 8.48. The third kappa shape index (κ3) is 3.00. The van der Waals surface area contributed by atoms with Gasteiger partial charge in [-0.25, -0.2) is 18.4 Å². The van der Waals surface area contributed by atoms with Gasteiger partial charge in [0.15, 0.2) is 15.2 Å². The Kier molecular flexibility index (Phi) is 3.85. The van der Waals surface area contributed by atoms with Gasteiger partial charge in [-0.2, -0.15) is 0 Å². The second-order valence-corrected chi connectivity index (χ2v) is 7.69. The summed E-state index contributed by atoms with van der Waals surface area (Å²) in [7, 11) is 1.38. The Balaban J connectivity index is 2.27. The number of nitrogens with zero attached hydrogens (tertiary/aromatic N) is 2. The van der Waals surface area contributed by atoms with Crippen molar-refractivity contribution < 1.29 is 17.6 Å². The highest BCUT2D eigenvalue weighted by Crippen LogP contribution is 2.30. The van der Waals surface area contributed by atoms with Gasteiger partial charge in [0.25, 0.3) is 15.0 Å². The molecule has 20 heavy (non-hydrogen) atoms. The Morgan fingerprint density at radius 1 is 1.25 bits per heavy atom. The molecule has 0 aromatic carbocycles. The molecule has 0 atom stereocenters. The van der Waals surface area contributed by atoms with Crippen LogP contribution in [-0.2, 0) is 9.05 Å². The summed E-state index contributed by atoms with van der Waals surface area (Å²) in [6.45, 7) is 4.74. The van der Waals surface area contributed by atoms with Crippen LogP contribution in [0.4, 0.5) is 5.13 Å². The van der Waals surface area contributed by atoms with Gasteiger partial charge in [0.2, 0.25) is 5.76 Å². The summed E-state index contributed by atoms with van der Waals surface area (Å²) in [5, 5.41) is 2.58. The number of thiazole rings is 1. The van der Waals surface area contributed by atoms with Gasteiger partial charge < -0.3 is 4.42 Å². The lowest BCUT2D eigenvalue weighted by molar-refractivity contribution is 0.0994. The predicted octanol–water partition coefficient (Wildman–Crippen LogP) is 2.24. The molecule has 0 aliphatic heterocycles. The average Bonchev–Trinajstić information content (AvgIpc) is 2.81. The molecule has 0 saturated carbocycles. The smallest absolute Gasteiger partial charge is 0.295 e. The van der Waals surface area contributed by atoms with E-state index < -0.39 is 15.0 Å². The molecular weight excluding hydrogens is 326 g/mol. The predicted molar refractivity (Wildman–Crippen MR) is 73.8 cm³/mol. The Hall–Kier alpha value is -1.45. The summed E-state index contributed by atoms with van der Waals surface area (Å²) in [6, 6.07) is 0. The van der Waals surface area contributed by atoms with Gasteiger partial charge in [-0.05, 0) is 13.8 Å². The van der Waals surface area contributed by atoms with Crippen molar-refractivity contribution in [2.75, 3.05) is 5.32 Å². The van der Waals surface area contributed by atoms with Crippen molar-refractivity contribution in [1.82, 2.24) is 9.97 Å². The number of carbonyl (C=O) groups excluding carboxylic acids is 1. The minimum atomic E-state index is -3.88. The van der Waals surface area contributed by atoms with Gasteiger partial charge >= 0.3 is 0 Å². The van der Waals surface area contributed by atoms with Crippen LogP contribution in [0.3, 0.4) is 0 Å². The van der Waals surface area contributed by atoms with Gasteiger partial charge in [0.1, 0.15) is 0 Å². The first-order chi connectivity index (χ1) is 9.18. The van der Waals surface area contributed by atoms with Crippen molar-refractivity contribution in [1.29, 1.82) is 0 Å². The number of hydrogen-bond donors (Lipinski definition) is 1. The molecule has 0 aliphatic rings. The molecular formula is C10H10ClN3O4S2. The summed E-state index contributed by atoms with van der Waals surface area (Å²) < 4.78 is 27.6. The lowest BCUT2D eigenvalue weighted by Gasteiger charge is -1.97. The molecule has 0 bridgehead atoms. The summed E-state index contributed by atoms with van der Waals surface area (Å²) in [5.41, 5.74) is 0.671. The van der Waals surface area contributed by atoms with E-state index in [1.807, 2.05) is 0 Å². The number of halogens is 1. The van der Waals surface area contributed by atoms with E-state index in [1.54, 1.807) is 13.8 Å². The van der Waals surface area contributed by atoms with E-state index in [0.717, 1.165) is 11.3 Å². The number of anilines is 1. The Bertz CT molecular complexity index is 779. The number of aryl methyl sites for hydroxylation is 3. The van der Waals surface area contributed by atoms with E-state index in [9.17, 15) is 13.2 Å². The van der Waals surface area contributed by atoms with Gasteiger partial charge in [-0.3, -0.25) is 10.1 Å². The molecule has 0 aliphatic carbocycles. The number of nitrogens with one attached hydrogen (secondary N) is 1. The summed E-state index contributed by atoms with van der Waals surface area (Å²) in [6.07, 6.45) is 0. The molecule has 0 unspecified atom stereocenters. The quantitative estimate of drug-likeness (QED) is 0.863.